The molecule has 0 bridgehead atoms. The van der Waals surface area contributed by atoms with Gasteiger partial charge in [-0.3, -0.25) is 4.90 Å². The van der Waals surface area contributed by atoms with E-state index in [1.54, 1.807) is 38.5 Å². The number of phenolic OH excluding ortho intramolecular Hbond substituents is 1. The van der Waals surface area contributed by atoms with Gasteiger partial charge >= 0.3 is 5.63 Å². The third-order valence-corrected chi connectivity index (χ3v) is 5.68. The smallest absolute Gasteiger partial charge is 0.344 e. The highest BCUT2D eigenvalue weighted by Crippen LogP contribution is 2.38. The van der Waals surface area contributed by atoms with Gasteiger partial charge in [-0.1, -0.05) is 6.07 Å². The van der Waals surface area contributed by atoms with Gasteiger partial charge in [-0.15, -0.1) is 0 Å². The van der Waals surface area contributed by atoms with Crippen LogP contribution in [0.3, 0.4) is 0 Å². The molecule has 32 heavy (non-hydrogen) atoms. The van der Waals surface area contributed by atoms with Crippen LogP contribution in [0.5, 0.6) is 17.2 Å². The van der Waals surface area contributed by atoms with Crippen LogP contribution in [0, 0.1) is 6.92 Å². The Kier molecular flexibility index (Phi) is 6.64. The Hall–Kier alpha value is -3.07. The van der Waals surface area contributed by atoms with Crippen LogP contribution in [0.1, 0.15) is 11.1 Å². The van der Waals surface area contributed by atoms with E-state index in [2.05, 4.69) is 4.90 Å². The number of aryl methyl sites for hydroxylation is 1. The lowest BCUT2D eigenvalue weighted by Crippen LogP contribution is -2.30. The average Bonchev–Trinajstić information content (AvgIpc) is 3.25. The van der Waals surface area contributed by atoms with Crippen LogP contribution in [0.25, 0.3) is 22.1 Å². The molecule has 1 N–H and O–H groups in total. The van der Waals surface area contributed by atoms with Crippen molar-refractivity contribution in [2.45, 2.75) is 13.5 Å². The highest BCUT2D eigenvalue weighted by molar-refractivity contribution is 5.90. The van der Waals surface area contributed by atoms with Crippen molar-refractivity contribution in [3.63, 3.8) is 0 Å². The van der Waals surface area contributed by atoms with Crippen molar-refractivity contribution >= 4 is 11.0 Å². The van der Waals surface area contributed by atoms with Crippen molar-refractivity contribution in [3.8, 4) is 28.4 Å². The van der Waals surface area contributed by atoms with Crippen LogP contribution >= 0.6 is 0 Å². The summed E-state index contributed by atoms with van der Waals surface area (Å²) in [5.41, 5.74) is 2.41. The Morgan fingerprint density at radius 1 is 1.03 bits per heavy atom. The molecule has 8 nitrogen and oxygen atoms in total. The van der Waals surface area contributed by atoms with Crippen molar-refractivity contribution in [1.29, 1.82) is 0 Å². The summed E-state index contributed by atoms with van der Waals surface area (Å²) in [7, 11) is 3.29. The molecule has 1 aliphatic rings. The molecule has 0 saturated carbocycles. The minimum Gasteiger partial charge on any atom is -0.507 e. The standard InChI is InChI=1S/C24H27NO7/c1-15-17-5-6-19(26)18(13-25(8-10-28-2)9-11-29-3)23(17)32-24(27)22(15)16-4-7-20-21(12-16)31-14-30-20/h4-7,12,26H,8-11,13-14H2,1-3H3. The summed E-state index contributed by atoms with van der Waals surface area (Å²) in [5.74, 6) is 1.33. The molecule has 0 spiro atoms. The van der Waals surface area contributed by atoms with Gasteiger partial charge in [-0.2, -0.15) is 0 Å². The lowest BCUT2D eigenvalue weighted by Gasteiger charge is -2.23. The summed E-state index contributed by atoms with van der Waals surface area (Å²) in [6.07, 6.45) is 0. The Morgan fingerprint density at radius 2 is 1.75 bits per heavy atom. The van der Waals surface area contributed by atoms with Gasteiger partial charge in [0.1, 0.15) is 11.3 Å². The Morgan fingerprint density at radius 3 is 2.47 bits per heavy atom. The fourth-order valence-electron chi connectivity index (χ4n) is 3.93. The SMILES string of the molecule is COCCN(CCOC)Cc1c(O)ccc2c(C)c(-c3ccc4c(c3)OCO4)c(=O)oc12. The van der Waals surface area contributed by atoms with Gasteiger partial charge < -0.3 is 28.5 Å². The van der Waals surface area contributed by atoms with Crippen LogP contribution in [0.2, 0.25) is 0 Å². The monoisotopic (exact) mass is 441 g/mol. The maximum atomic E-state index is 13.1. The Balaban J connectivity index is 1.77. The number of phenols is 1. The molecule has 0 aliphatic carbocycles. The zero-order valence-corrected chi connectivity index (χ0v) is 18.5. The largest absolute Gasteiger partial charge is 0.507 e. The van der Waals surface area contributed by atoms with Crippen molar-refractivity contribution in [2.75, 3.05) is 47.3 Å². The van der Waals surface area contributed by atoms with E-state index in [1.807, 2.05) is 13.0 Å². The number of ether oxygens (including phenoxy) is 4. The fraction of sp³-hybridized carbons (Fsp3) is 0.375. The first-order valence-corrected chi connectivity index (χ1v) is 10.4. The minimum absolute atomic E-state index is 0.0794. The van der Waals surface area contributed by atoms with E-state index in [-0.39, 0.29) is 12.5 Å². The second-order valence-corrected chi connectivity index (χ2v) is 7.66. The zero-order valence-electron chi connectivity index (χ0n) is 18.5. The molecule has 0 atom stereocenters. The minimum atomic E-state index is -0.471. The number of rotatable bonds is 9. The van der Waals surface area contributed by atoms with E-state index in [0.717, 1.165) is 10.9 Å². The predicted octanol–water partition coefficient (Wildman–Crippen LogP) is 3.30. The molecule has 1 aliphatic heterocycles. The summed E-state index contributed by atoms with van der Waals surface area (Å²) < 4.78 is 27.0. The first-order chi connectivity index (χ1) is 15.5. The van der Waals surface area contributed by atoms with Crippen LogP contribution in [-0.4, -0.2) is 57.3 Å². The van der Waals surface area contributed by atoms with E-state index in [9.17, 15) is 9.90 Å². The van der Waals surface area contributed by atoms with Crippen LogP contribution in [0.4, 0.5) is 0 Å². The molecule has 0 radical (unpaired) electrons. The highest BCUT2D eigenvalue weighted by Gasteiger charge is 2.21. The molecule has 3 aromatic rings. The summed E-state index contributed by atoms with van der Waals surface area (Å²) in [4.78, 5) is 15.2. The van der Waals surface area contributed by atoms with Gasteiger partial charge in [-0.25, -0.2) is 4.79 Å². The molecular weight excluding hydrogens is 414 g/mol. The first-order valence-electron chi connectivity index (χ1n) is 10.4. The predicted molar refractivity (Wildman–Crippen MR) is 119 cm³/mol. The lowest BCUT2D eigenvalue weighted by molar-refractivity contribution is 0.110. The molecule has 8 heteroatoms. The highest BCUT2D eigenvalue weighted by atomic mass is 16.7. The van der Waals surface area contributed by atoms with Crippen LogP contribution < -0.4 is 15.1 Å². The third-order valence-electron chi connectivity index (χ3n) is 5.68. The van der Waals surface area contributed by atoms with Gasteiger partial charge in [0, 0.05) is 39.2 Å². The normalized spacial score (nSPS) is 12.8. The van der Waals surface area contributed by atoms with E-state index in [4.69, 9.17) is 23.4 Å². The van der Waals surface area contributed by atoms with Gasteiger partial charge in [0.05, 0.1) is 24.3 Å². The molecule has 4 rings (SSSR count). The Bertz CT molecular complexity index is 1160. The number of aromatic hydroxyl groups is 1. The van der Waals surface area contributed by atoms with Crippen molar-refractivity contribution in [3.05, 3.63) is 51.9 Å². The molecule has 2 aromatic carbocycles. The van der Waals surface area contributed by atoms with Crippen molar-refractivity contribution in [2.24, 2.45) is 0 Å². The quantitative estimate of drug-likeness (QED) is 0.506. The molecule has 0 amide bonds. The summed E-state index contributed by atoms with van der Waals surface area (Å²) in [6.45, 7) is 4.80. The molecular formula is C24H27NO7. The van der Waals surface area contributed by atoms with E-state index >= 15 is 0 Å². The number of hydrogen-bond acceptors (Lipinski definition) is 8. The molecule has 170 valence electrons. The van der Waals surface area contributed by atoms with Crippen LogP contribution in [-0.2, 0) is 16.0 Å². The molecule has 0 saturated heterocycles. The van der Waals surface area contributed by atoms with Crippen LogP contribution in [0.15, 0.2) is 39.5 Å². The van der Waals surface area contributed by atoms with Gasteiger partial charge in [0.2, 0.25) is 6.79 Å². The maximum Gasteiger partial charge on any atom is 0.344 e. The number of nitrogens with zero attached hydrogens (tertiary/aromatic N) is 1. The molecule has 2 heterocycles. The summed E-state index contributed by atoms with van der Waals surface area (Å²) >= 11 is 0. The number of fused-ring (bicyclic) bond motifs is 2. The number of hydrogen-bond donors (Lipinski definition) is 1. The van der Waals surface area contributed by atoms with Gasteiger partial charge in [0.25, 0.3) is 0 Å². The fourth-order valence-corrected chi connectivity index (χ4v) is 3.93. The zero-order chi connectivity index (χ0) is 22.7. The maximum absolute atomic E-state index is 13.1. The molecule has 0 unspecified atom stereocenters. The molecule has 0 fully saturated rings. The second kappa shape index (κ2) is 9.60. The topological polar surface area (TPSA) is 90.6 Å². The number of methoxy groups -OCH3 is 2. The van der Waals surface area contributed by atoms with E-state index in [0.29, 0.717) is 66.6 Å². The Labute approximate surface area is 185 Å². The second-order valence-electron chi connectivity index (χ2n) is 7.66. The summed E-state index contributed by atoms with van der Waals surface area (Å²) in [5, 5.41) is 11.4. The third kappa shape index (κ3) is 4.29. The molecule has 1 aromatic heterocycles. The van der Waals surface area contributed by atoms with Gasteiger partial charge in [-0.05, 0) is 42.3 Å². The number of benzene rings is 2. The van der Waals surface area contributed by atoms with E-state index < -0.39 is 5.63 Å². The average molecular weight is 441 g/mol. The van der Waals surface area contributed by atoms with Crippen molar-refractivity contribution in [1.82, 2.24) is 4.90 Å². The summed E-state index contributed by atoms with van der Waals surface area (Å²) in [6, 6.07) is 8.80. The first kappa shape index (κ1) is 22.1. The van der Waals surface area contributed by atoms with Gasteiger partial charge in [0.15, 0.2) is 11.5 Å². The lowest BCUT2D eigenvalue weighted by atomic mass is 9.97. The van der Waals surface area contributed by atoms with Crippen molar-refractivity contribution < 1.29 is 28.5 Å². The van der Waals surface area contributed by atoms with E-state index in [1.165, 1.54) is 0 Å².